The topological polar surface area (TPSA) is 86.8 Å². The Morgan fingerprint density at radius 1 is 0.907 bits per heavy atom. The molecule has 0 aromatic heterocycles. The molecule has 232 valence electrons. The number of sulfonamides is 1. The Kier molecular flexibility index (Phi) is 12.8. The van der Waals surface area contributed by atoms with E-state index in [1.807, 2.05) is 44.2 Å². The highest BCUT2D eigenvalue weighted by Crippen LogP contribution is 2.29. The monoisotopic (exact) mass is 665 g/mol. The molecule has 0 aliphatic carbocycles. The smallest absolute Gasteiger partial charge is 0.243 e. The van der Waals surface area contributed by atoms with Gasteiger partial charge in [0.15, 0.2) is 0 Å². The summed E-state index contributed by atoms with van der Waals surface area (Å²) in [6.07, 6.45) is 2.39. The van der Waals surface area contributed by atoms with E-state index in [4.69, 9.17) is 34.8 Å². The highest BCUT2D eigenvalue weighted by Gasteiger charge is 2.31. The van der Waals surface area contributed by atoms with Gasteiger partial charge in [-0.1, -0.05) is 84.2 Å². The van der Waals surface area contributed by atoms with Gasteiger partial charge in [0.25, 0.3) is 0 Å². The molecule has 2 atom stereocenters. The van der Waals surface area contributed by atoms with Gasteiger partial charge in [0, 0.05) is 37.0 Å². The lowest BCUT2D eigenvalue weighted by molar-refractivity contribution is -0.141. The van der Waals surface area contributed by atoms with Crippen molar-refractivity contribution in [3.8, 4) is 0 Å². The molecule has 43 heavy (non-hydrogen) atoms. The van der Waals surface area contributed by atoms with Crippen LogP contribution < -0.4 is 9.62 Å². The number of hydrogen-bond donors (Lipinski definition) is 1. The molecule has 1 N–H and O–H groups in total. The molecule has 0 bridgehead atoms. The Morgan fingerprint density at radius 3 is 2.23 bits per heavy atom. The second-order valence-corrected chi connectivity index (χ2v) is 13.7. The van der Waals surface area contributed by atoms with Gasteiger partial charge < -0.3 is 10.2 Å². The summed E-state index contributed by atoms with van der Waals surface area (Å²) in [7, 11) is -3.66. The lowest BCUT2D eigenvalue weighted by Crippen LogP contribution is -2.52. The highest BCUT2D eigenvalue weighted by molar-refractivity contribution is 7.92. The Bertz CT molecular complexity index is 1520. The van der Waals surface area contributed by atoms with Gasteiger partial charge in [0.05, 0.1) is 22.0 Å². The molecule has 0 fully saturated rings. The third-order valence-electron chi connectivity index (χ3n) is 7.27. The number of nitrogens with zero attached hydrogens (tertiary/aromatic N) is 2. The first-order valence-corrected chi connectivity index (χ1v) is 17.1. The van der Waals surface area contributed by atoms with Crippen LogP contribution in [-0.4, -0.2) is 50.0 Å². The van der Waals surface area contributed by atoms with E-state index in [0.717, 1.165) is 18.2 Å². The van der Waals surface area contributed by atoms with Crippen LogP contribution in [0, 0.1) is 6.92 Å². The van der Waals surface area contributed by atoms with E-state index in [9.17, 15) is 18.0 Å². The van der Waals surface area contributed by atoms with E-state index in [1.165, 1.54) is 4.31 Å². The first-order valence-electron chi connectivity index (χ1n) is 14.1. The molecule has 7 nitrogen and oxygen atoms in total. The van der Waals surface area contributed by atoms with E-state index in [0.29, 0.717) is 38.3 Å². The number of rotatable bonds is 14. The van der Waals surface area contributed by atoms with Gasteiger partial charge in [-0.05, 0) is 67.6 Å². The van der Waals surface area contributed by atoms with Gasteiger partial charge in [-0.25, -0.2) is 8.42 Å². The fraction of sp³-hybridized carbons (Fsp3) is 0.375. The molecular formula is C32H38Cl3N3O4S. The maximum Gasteiger partial charge on any atom is 0.243 e. The van der Waals surface area contributed by atoms with E-state index in [2.05, 4.69) is 5.32 Å². The third-order valence-corrected chi connectivity index (χ3v) is 9.60. The number of anilines is 1. The molecule has 0 aliphatic rings. The van der Waals surface area contributed by atoms with Gasteiger partial charge >= 0.3 is 0 Å². The lowest BCUT2D eigenvalue weighted by atomic mass is 10.0. The zero-order valence-corrected chi connectivity index (χ0v) is 27.9. The minimum atomic E-state index is -3.66. The number of amides is 2. The number of benzene rings is 3. The van der Waals surface area contributed by atoms with Crippen molar-refractivity contribution in [1.82, 2.24) is 10.2 Å². The Morgan fingerprint density at radius 2 is 1.60 bits per heavy atom. The molecule has 0 heterocycles. The number of hydrogen-bond acceptors (Lipinski definition) is 4. The van der Waals surface area contributed by atoms with E-state index < -0.39 is 16.1 Å². The predicted molar refractivity (Wildman–Crippen MR) is 176 cm³/mol. The van der Waals surface area contributed by atoms with Crippen molar-refractivity contribution in [2.24, 2.45) is 0 Å². The van der Waals surface area contributed by atoms with Crippen LogP contribution in [-0.2, 0) is 32.6 Å². The molecule has 0 saturated carbocycles. The highest BCUT2D eigenvalue weighted by atomic mass is 35.5. The fourth-order valence-corrected chi connectivity index (χ4v) is 6.18. The number of carbonyl (C=O) groups excluding carboxylic acids is 2. The summed E-state index contributed by atoms with van der Waals surface area (Å²) in [5.74, 6) is -0.554. The van der Waals surface area contributed by atoms with Crippen LogP contribution in [0.15, 0.2) is 66.7 Å². The molecule has 0 unspecified atom stereocenters. The predicted octanol–water partition coefficient (Wildman–Crippen LogP) is 7.06. The summed E-state index contributed by atoms with van der Waals surface area (Å²) in [6.45, 7) is 5.83. The van der Waals surface area contributed by atoms with Crippen molar-refractivity contribution in [3.05, 3.63) is 98.5 Å². The lowest BCUT2D eigenvalue weighted by Gasteiger charge is -2.33. The SMILES string of the molecule is CC[C@@H](C)NC(=O)[C@@H](Cc1ccccc1)N(Cc1ccc(Cl)c(Cl)c1)C(=O)CCCN(c1cccc(Cl)c1C)S(C)(=O)=O. The summed E-state index contributed by atoms with van der Waals surface area (Å²) < 4.78 is 26.8. The Balaban J connectivity index is 1.93. The van der Waals surface area contributed by atoms with Gasteiger partial charge in [0.2, 0.25) is 21.8 Å². The Hall–Kier alpha value is -2.78. The first kappa shape index (κ1) is 34.7. The first-order chi connectivity index (χ1) is 20.3. The minimum absolute atomic E-state index is 0.00879. The number of halogens is 3. The van der Waals surface area contributed by atoms with E-state index >= 15 is 0 Å². The third kappa shape index (κ3) is 9.86. The summed E-state index contributed by atoms with van der Waals surface area (Å²) in [5, 5.41) is 4.22. The van der Waals surface area contributed by atoms with Gasteiger partial charge in [0.1, 0.15) is 6.04 Å². The molecule has 0 spiro atoms. The molecule has 0 saturated heterocycles. The van der Waals surface area contributed by atoms with Crippen LogP contribution in [0.3, 0.4) is 0 Å². The van der Waals surface area contributed by atoms with E-state index in [-0.39, 0.29) is 43.8 Å². The van der Waals surface area contributed by atoms with Crippen molar-refractivity contribution in [2.75, 3.05) is 17.1 Å². The van der Waals surface area contributed by atoms with Crippen molar-refractivity contribution < 1.29 is 18.0 Å². The van der Waals surface area contributed by atoms with Crippen molar-refractivity contribution in [3.63, 3.8) is 0 Å². The van der Waals surface area contributed by atoms with E-state index in [1.54, 1.807) is 48.2 Å². The largest absolute Gasteiger partial charge is 0.352 e. The second kappa shape index (κ2) is 15.8. The molecule has 3 rings (SSSR count). The molecule has 2 amide bonds. The average molecular weight is 667 g/mol. The van der Waals surface area contributed by atoms with Crippen molar-refractivity contribution in [2.45, 2.75) is 65.1 Å². The molecule has 3 aromatic rings. The summed E-state index contributed by atoms with van der Waals surface area (Å²) in [5.41, 5.74) is 2.71. The van der Waals surface area contributed by atoms with Crippen LogP contribution in [0.2, 0.25) is 15.1 Å². The van der Waals surface area contributed by atoms with Crippen molar-refractivity contribution in [1.29, 1.82) is 0 Å². The number of nitrogens with one attached hydrogen (secondary N) is 1. The van der Waals surface area contributed by atoms with Crippen LogP contribution in [0.5, 0.6) is 0 Å². The Labute approximate surface area is 270 Å². The summed E-state index contributed by atoms with van der Waals surface area (Å²) in [6, 6.07) is 18.8. The van der Waals surface area contributed by atoms with Gasteiger partial charge in [-0.2, -0.15) is 0 Å². The zero-order chi connectivity index (χ0) is 31.7. The zero-order valence-electron chi connectivity index (χ0n) is 24.8. The van der Waals surface area contributed by atoms with Crippen LogP contribution in [0.25, 0.3) is 0 Å². The standard InChI is InChI=1S/C32H38Cl3N3O4S/c1-5-22(2)36-32(40)30(20-24-11-7-6-8-12-24)37(21-25-16-17-27(34)28(35)19-25)31(39)15-10-18-38(43(4,41)42)29-14-9-13-26(33)23(29)3/h6-9,11-14,16-17,19,22,30H,5,10,15,18,20-21H2,1-4H3,(H,36,40)/t22-,30-/m1/s1. The van der Waals surface area contributed by atoms with Crippen LogP contribution in [0.1, 0.15) is 49.8 Å². The van der Waals surface area contributed by atoms with Crippen LogP contribution in [0.4, 0.5) is 5.69 Å². The summed E-state index contributed by atoms with van der Waals surface area (Å²) in [4.78, 5) is 29.2. The average Bonchev–Trinajstić information content (AvgIpc) is 2.96. The van der Waals surface area contributed by atoms with Crippen LogP contribution >= 0.6 is 34.8 Å². The molecule has 11 heteroatoms. The van der Waals surface area contributed by atoms with Gasteiger partial charge in [-0.3, -0.25) is 13.9 Å². The fourth-order valence-electron chi connectivity index (χ4n) is 4.68. The summed E-state index contributed by atoms with van der Waals surface area (Å²) >= 11 is 18.7. The van der Waals surface area contributed by atoms with Gasteiger partial charge in [-0.15, -0.1) is 0 Å². The number of carbonyl (C=O) groups is 2. The maximum atomic E-state index is 14.0. The maximum absolute atomic E-state index is 14.0. The molecule has 0 radical (unpaired) electrons. The molecular weight excluding hydrogens is 629 g/mol. The molecule has 0 aliphatic heterocycles. The quantitative estimate of drug-likeness (QED) is 0.200. The minimum Gasteiger partial charge on any atom is -0.352 e. The van der Waals surface area contributed by atoms with Crippen molar-refractivity contribution >= 4 is 62.3 Å². The molecule has 3 aromatic carbocycles. The normalized spacial score (nSPS) is 12.8. The second-order valence-electron chi connectivity index (χ2n) is 10.6.